The van der Waals surface area contributed by atoms with Crippen LogP contribution in [0.2, 0.25) is 0 Å². The lowest BCUT2D eigenvalue weighted by Gasteiger charge is -2.18. The summed E-state index contributed by atoms with van der Waals surface area (Å²) in [6, 6.07) is 8.19. The van der Waals surface area contributed by atoms with Crippen LogP contribution in [-0.4, -0.2) is 36.6 Å². The number of rotatable bonds is 5. The van der Waals surface area contributed by atoms with E-state index in [4.69, 9.17) is 11.3 Å². The SMILES string of the molecule is C#CCCN(OC(=O)c1ccccc1)C(=O)/C=C/C(=O)OC. The average Bonchev–Trinajstić information content (AvgIpc) is 2.56. The quantitative estimate of drug-likeness (QED) is 0.355. The van der Waals surface area contributed by atoms with Gasteiger partial charge in [-0.15, -0.1) is 12.3 Å². The van der Waals surface area contributed by atoms with Crippen molar-refractivity contribution >= 4 is 17.8 Å². The minimum Gasteiger partial charge on any atom is -0.466 e. The summed E-state index contributed by atoms with van der Waals surface area (Å²) in [5, 5.41) is 0.800. The highest BCUT2D eigenvalue weighted by molar-refractivity contribution is 5.95. The Bertz CT molecular complexity index is 601. The fraction of sp³-hybridized carbons (Fsp3) is 0.188. The van der Waals surface area contributed by atoms with Gasteiger partial charge in [-0.05, 0) is 12.1 Å². The molecule has 0 fully saturated rings. The second-order valence-electron chi connectivity index (χ2n) is 4.00. The molecule has 0 saturated carbocycles. The highest BCUT2D eigenvalue weighted by Gasteiger charge is 2.17. The highest BCUT2D eigenvalue weighted by atomic mass is 16.7. The number of carbonyl (C=O) groups excluding carboxylic acids is 3. The molecule has 0 radical (unpaired) electrons. The van der Waals surface area contributed by atoms with Crippen molar-refractivity contribution in [3.05, 3.63) is 48.0 Å². The lowest BCUT2D eigenvalue weighted by molar-refractivity contribution is -0.161. The lowest BCUT2D eigenvalue weighted by atomic mass is 10.2. The summed E-state index contributed by atoms with van der Waals surface area (Å²) in [7, 11) is 1.18. The summed E-state index contributed by atoms with van der Waals surface area (Å²) in [6.45, 7) is 0.0133. The van der Waals surface area contributed by atoms with Gasteiger partial charge in [-0.1, -0.05) is 18.2 Å². The Balaban J connectivity index is 2.78. The Morgan fingerprint density at radius 1 is 1.23 bits per heavy atom. The van der Waals surface area contributed by atoms with Crippen molar-refractivity contribution < 1.29 is 24.0 Å². The molecule has 0 spiro atoms. The van der Waals surface area contributed by atoms with E-state index in [9.17, 15) is 14.4 Å². The number of benzene rings is 1. The molecule has 0 aromatic heterocycles. The molecule has 6 nitrogen and oxygen atoms in total. The number of amides is 1. The molecule has 1 aromatic rings. The van der Waals surface area contributed by atoms with E-state index < -0.39 is 17.8 Å². The first-order valence-electron chi connectivity index (χ1n) is 6.36. The first-order valence-corrected chi connectivity index (χ1v) is 6.36. The van der Waals surface area contributed by atoms with Crippen molar-refractivity contribution in [2.24, 2.45) is 0 Å². The van der Waals surface area contributed by atoms with Gasteiger partial charge in [0.15, 0.2) is 0 Å². The number of hydrogen-bond acceptors (Lipinski definition) is 5. The Morgan fingerprint density at radius 2 is 1.91 bits per heavy atom. The highest BCUT2D eigenvalue weighted by Crippen LogP contribution is 2.05. The Labute approximate surface area is 128 Å². The predicted molar refractivity (Wildman–Crippen MR) is 78.2 cm³/mol. The number of hydroxylamine groups is 2. The summed E-state index contributed by atoms with van der Waals surface area (Å²) >= 11 is 0. The molecule has 0 aliphatic heterocycles. The molecule has 1 aromatic carbocycles. The molecule has 0 aliphatic carbocycles. The number of terminal acetylenes is 1. The molecule has 0 saturated heterocycles. The molecular weight excluding hydrogens is 286 g/mol. The summed E-state index contributed by atoms with van der Waals surface area (Å²) in [6.07, 6.45) is 7.21. The van der Waals surface area contributed by atoms with E-state index in [1.165, 1.54) is 7.11 Å². The number of esters is 1. The molecule has 0 unspecified atom stereocenters. The summed E-state index contributed by atoms with van der Waals surface area (Å²) < 4.78 is 4.38. The van der Waals surface area contributed by atoms with E-state index in [1.54, 1.807) is 30.3 Å². The van der Waals surface area contributed by atoms with Crippen LogP contribution >= 0.6 is 0 Å². The summed E-state index contributed by atoms with van der Waals surface area (Å²) in [4.78, 5) is 39.8. The first kappa shape index (κ1) is 17.0. The maximum atomic E-state index is 11.9. The molecule has 0 N–H and O–H groups in total. The number of methoxy groups -OCH3 is 1. The zero-order valence-electron chi connectivity index (χ0n) is 12.0. The van der Waals surface area contributed by atoms with Crippen LogP contribution in [0.5, 0.6) is 0 Å². The second kappa shape index (κ2) is 8.97. The Hall–Kier alpha value is -3.07. The molecule has 0 aliphatic rings. The summed E-state index contributed by atoms with van der Waals surface area (Å²) in [5.74, 6) is 0.260. The molecule has 6 heteroatoms. The third-order valence-electron chi connectivity index (χ3n) is 2.47. The van der Waals surface area contributed by atoms with Crippen LogP contribution in [0.1, 0.15) is 16.8 Å². The van der Waals surface area contributed by atoms with Gasteiger partial charge in [0.1, 0.15) is 0 Å². The maximum Gasteiger partial charge on any atom is 0.363 e. The van der Waals surface area contributed by atoms with Gasteiger partial charge in [0.2, 0.25) is 0 Å². The average molecular weight is 301 g/mol. The van der Waals surface area contributed by atoms with Crippen LogP contribution in [0.4, 0.5) is 0 Å². The smallest absolute Gasteiger partial charge is 0.363 e. The van der Waals surface area contributed by atoms with E-state index in [2.05, 4.69) is 10.7 Å². The van der Waals surface area contributed by atoms with Crippen molar-refractivity contribution in [1.82, 2.24) is 5.06 Å². The second-order valence-corrected chi connectivity index (χ2v) is 4.00. The monoisotopic (exact) mass is 301 g/mol. The van der Waals surface area contributed by atoms with Gasteiger partial charge in [-0.25, -0.2) is 9.59 Å². The fourth-order valence-corrected chi connectivity index (χ4v) is 1.38. The Morgan fingerprint density at radius 3 is 2.50 bits per heavy atom. The van der Waals surface area contributed by atoms with Crippen molar-refractivity contribution in [3.63, 3.8) is 0 Å². The van der Waals surface area contributed by atoms with Gasteiger partial charge in [-0.2, -0.15) is 5.06 Å². The molecule has 22 heavy (non-hydrogen) atoms. The third kappa shape index (κ3) is 5.51. The van der Waals surface area contributed by atoms with Crippen molar-refractivity contribution in [2.45, 2.75) is 6.42 Å². The van der Waals surface area contributed by atoms with Gasteiger partial charge in [0, 0.05) is 18.6 Å². The molecule has 114 valence electrons. The fourth-order valence-electron chi connectivity index (χ4n) is 1.38. The molecule has 0 atom stereocenters. The molecule has 0 bridgehead atoms. The number of ether oxygens (including phenoxy) is 1. The largest absolute Gasteiger partial charge is 0.466 e. The molecule has 1 rings (SSSR count). The van der Waals surface area contributed by atoms with Gasteiger partial charge < -0.3 is 9.57 Å². The molecular formula is C16H15NO5. The van der Waals surface area contributed by atoms with Crippen LogP contribution in [0.3, 0.4) is 0 Å². The van der Waals surface area contributed by atoms with Crippen LogP contribution in [0.25, 0.3) is 0 Å². The van der Waals surface area contributed by atoms with Gasteiger partial charge >= 0.3 is 11.9 Å². The van der Waals surface area contributed by atoms with Gasteiger partial charge in [0.05, 0.1) is 19.2 Å². The van der Waals surface area contributed by atoms with Crippen LogP contribution in [0, 0.1) is 12.3 Å². The van der Waals surface area contributed by atoms with E-state index >= 15 is 0 Å². The topological polar surface area (TPSA) is 72.9 Å². The first-order chi connectivity index (χ1) is 10.6. The zero-order valence-corrected chi connectivity index (χ0v) is 12.0. The molecule has 0 heterocycles. The number of nitrogens with zero attached hydrogens (tertiary/aromatic N) is 1. The minimum atomic E-state index is -0.697. The van der Waals surface area contributed by atoms with E-state index in [0.29, 0.717) is 0 Å². The van der Waals surface area contributed by atoms with Crippen LogP contribution in [0.15, 0.2) is 42.5 Å². The van der Waals surface area contributed by atoms with Gasteiger partial charge in [0.25, 0.3) is 5.91 Å². The van der Waals surface area contributed by atoms with Crippen molar-refractivity contribution in [1.29, 1.82) is 0 Å². The van der Waals surface area contributed by atoms with Gasteiger partial charge in [-0.3, -0.25) is 4.79 Å². The van der Waals surface area contributed by atoms with Crippen LogP contribution in [-0.2, 0) is 19.2 Å². The lowest BCUT2D eigenvalue weighted by Crippen LogP contribution is -2.33. The standard InChI is InChI=1S/C16H15NO5/c1-3-4-12-17(14(18)10-11-15(19)21-2)22-16(20)13-8-6-5-7-9-13/h1,5-11H,4,12H2,2H3/b11-10+. The van der Waals surface area contributed by atoms with Crippen molar-refractivity contribution in [3.8, 4) is 12.3 Å². The Kier molecular flexibility index (Phi) is 6.93. The van der Waals surface area contributed by atoms with E-state index in [0.717, 1.165) is 17.2 Å². The zero-order chi connectivity index (χ0) is 16.4. The van der Waals surface area contributed by atoms with E-state index in [1.807, 2.05) is 0 Å². The number of carbonyl (C=O) groups is 3. The maximum absolute atomic E-state index is 11.9. The normalized spacial score (nSPS) is 9.82. The minimum absolute atomic E-state index is 0.0133. The predicted octanol–water partition coefficient (Wildman–Crippen LogP) is 1.34. The van der Waals surface area contributed by atoms with Crippen LogP contribution < -0.4 is 0 Å². The number of hydrogen-bond donors (Lipinski definition) is 0. The van der Waals surface area contributed by atoms with Crippen molar-refractivity contribution in [2.75, 3.05) is 13.7 Å². The van der Waals surface area contributed by atoms with E-state index in [-0.39, 0.29) is 18.5 Å². The summed E-state index contributed by atoms with van der Waals surface area (Å²) in [5.41, 5.74) is 0.290. The third-order valence-corrected chi connectivity index (χ3v) is 2.47. The molecule has 1 amide bonds.